The van der Waals surface area contributed by atoms with Gasteiger partial charge in [-0.15, -0.1) is 0 Å². The molecule has 1 aliphatic heterocycles. The summed E-state index contributed by atoms with van der Waals surface area (Å²) in [6.45, 7) is 2.94. The highest BCUT2D eigenvalue weighted by Crippen LogP contribution is 2.25. The van der Waals surface area contributed by atoms with E-state index >= 15 is 0 Å². The van der Waals surface area contributed by atoms with E-state index in [1.165, 1.54) is 5.56 Å². The molecule has 0 saturated carbocycles. The molecule has 0 aliphatic carbocycles. The summed E-state index contributed by atoms with van der Waals surface area (Å²) in [5.74, 6) is -0.0465. The molecule has 3 rings (SSSR count). The molecule has 0 spiro atoms. The Balaban J connectivity index is 1.76. The maximum Gasteiger partial charge on any atom is 0.251 e. The molecule has 1 unspecified atom stereocenters. The van der Waals surface area contributed by atoms with Crippen molar-refractivity contribution < 1.29 is 4.79 Å². The smallest absolute Gasteiger partial charge is 0.251 e. The van der Waals surface area contributed by atoms with Gasteiger partial charge in [-0.2, -0.15) is 0 Å². The summed E-state index contributed by atoms with van der Waals surface area (Å²) >= 11 is 3.52. The maximum atomic E-state index is 12.4. The molecule has 21 heavy (non-hydrogen) atoms. The minimum Gasteiger partial charge on any atom is -0.384 e. The monoisotopic (exact) mass is 344 g/mol. The standard InChI is InChI=1S/C17H17BrN2O/c1-11(14-4-2-3-5-15(14)18)20-17(21)13-7-6-12-8-9-19-16(12)10-13/h2-7,10-11,19H,8-9H2,1H3,(H,20,21). The molecule has 2 aromatic rings. The van der Waals surface area contributed by atoms with E-state index in [1.807, 2.05) is 49.4 Å². The minimum atomic E-state index is -0.0470. The largest absolute Gasteiger partial charge is 0.384 e. The lowest BCUT2D eigenvalue weighted by molar-refractivity contribution is 0.0940. The molecule has 0 bridgehead atoms. The second-order valence-corrected chi connectivity index (χ2v) is 6.12. The normalized spacial score (nSPS) is 14.2. The van der Waals surface area contributed by atoms with Crippen LogP contribution in [0.1, 0.15) is 34.5 Å². The fourth-order valence-electron chi connectivity index (χ4n) is 2.62. The summed E-state index contributed by atoms with van der Waals surface area (Å²) in [5, 5.41) is 6.35. The molecule has 0 saturated heterocycles. The zero-order chi connectivity index (χ0) is 14.8. The van der Waals surface area contributed by atoms with Crippen LogP contribution in [0.3, 0.4) is 0 Å². The molecule has 1 atom stereocenters. The van der Waals surface area contributed by atoms with E-state index in [0.29, 0.717) is 5.56 Å². The van der Waals surface area contributed by atoms with E-state index in [2.05, 4.69) is 26.6 Å². The van der Waals surface area contributed by atoms with Crippen LogP contribution in [0.4, 0.5) is 5.69 Å². The maximum absolute atomic E-state index is 12.4. The van der Waals surface area contributed by atoms with Gasteiger partial charge in [0.2, 0.25) is 0 Å². The topological polar surface area (TPSA) is 41.1 Å². The summed E-state index contributed by atoms with van der Waals surface area (Å²) in [6, 6.07) is 13.8. The summed E-state index contributed by atoms with van der Waals surface area (Å²) in [6.07, 6.45) is 1.03. The molecule has 1 aliphatic rings. The SMILES string of the molecule is CC(NC(=O)c1ccc2c(c1)NCC2)c1ccccc1Br. The Hall–Kier alpha value is -1.81. The van der Waals surface area contributed by atoms with Gasteiger partial charge in [0.15, 0.2) is 0 Å². The third kappa shape index (κ3) is 2.95. The highest BCUT2D eigenvalue weighted by molar-refractivity contribution is 9.10. The number of carbonyl (C=O) groups excluding carboxylic acids is 1. The van der Waals surface area contributed by atoms with Crippen molar-refractivity contribution >= 4 is 27.5 Å². The number of fused-ring (bicyclic) bond motifs is 1. The lowest BCUT2D eigenvalue weighted by atomic mass is 10.1. The highest BCUT2D eigenvalue weighted by Gasteiger charge is 2.16. The van der Waals surface area contributed by atoms with Gasteiger partial charge in [0.05, 0.1) is 6.04 Å². The van der Waals surface area contributed by atoms with Crippen LogP contribution in [0.25, 0.3) is 0 Å². The molecule has 2 N–H and O–H groups in total. The summed E-state index contributed by atoms with van der Waals surface area (Å²) in [4.78, 5) is 12.4. The van der Waals surface area contributed by atoms with Crippen LogP contribution in [0, 0.1) is 0 Å². The van der Waals surface area contributed by atoms with Gasteiger partial charge < -0.3 is 10.6 Å². The predicted octanol–water partition coefficient (Wildman–Crippen LogP) is 3.91. The van der Waals surface area contributed by atoms with Gasteiger partial charge in [-0.25, -0.2) is 0 Å². The van der Waals surface area contributed by atoms with Crippen molar-refractivity contribution in [2.45, 2.75) is 19.4 Å². The molecule has 1 amide bonds. The van der Waals surface area contributed by atoms with Crippen molar-refractivity contribution in [1.29, 1.82) is 0 Å². The molecule has 1 heterocycles. The number of benzene rings is 2. The van der Waals surface area contributed by atoms with E-state index in [4.69, 9.17) is 0 Å². The number of anilines is 1. The van der Waals surface area contributed by atoms with Crippen molar-refractivity contribution in [1.82, 2.24) is 5.32 Å². The van der Waals surface area contributed by atoms with Crippen LogP contribution in [0.2, 0.25) is 0 Å². The zero-order valence-corrected chi connectivity index (χ0v) is 13.4. The molecule has 2 aromatic carbocycles. The molecule has 0 fully saturated rings. The number of amides is 1. The number of carbonyl (C=O) groups is 1. The molecule has 4 heteroatoms. The number of nitrogens with one attached hydrogen (secondary N) is 2. The summed E-state index contributed by atoms with van der Waals surface area (Å²) in [5.41, 5.74) is 4.13. The number of rotatable bonds is 3. The first kappa shape index (κ1) is 14.1. The van der Waals surface area contributed by atoms with Gasteiger partial charge in [-0.3, -0.25) is 4.79 Å². The highest BCUT2D eigenvalue weighted by atomic mass is 79.9. The van der Waals surface area contributed by atoms with Crippen molar-refractivity contribution in [3.63, 3.8) is 0 Å². The number of hydrogen-bond donors (Lipinski definition) is 2. The number of hydrogen-bond acceptors (Lipinski definition) is 2. The quantitative estimate of drug-likeness (QED) is 0.886. The molecule has 0 aromatic heterocycles. The fourth-order valence-corrected chi connectivity index (χ4v) is 3.24. The summed E-state index contributed by atoms with van der Waals surface area (Å²) < 4.78 is 1.01. The first-order valence-electron chi connectivity index (χ1n) is 7.07. The molecular formula is C17H17BrN2O. The average Bonchev–Trinajstić information content (AvgIpc) is 2.94. The van der Waals surface area contributed by atoms with Crippen LogP contribution in [-0.4, -0.2) is 12.5 Å². The van der Waals surface area contributed by atoms with Gasteiger partial charge in [0, 0.05) is 22.3 Å². The molecule has 3 nitrogen and oxygen atoms in total. The molecule has 108 valence electrons. The third-order valence-corrected chi connectivity index (χ3v) is 4.52. The van der Waals surface area contributed by atoms with E-state index in [-0.39, 0.29) is 11.9 Å². The van der Waals surface area contributed by atoms with E-state index in [9.17, 15) is 4.79 Å². The first-order valence-corrected chi connectivity index (χ1v) is 7.86. The Bertz CT molecular complexity index is 684. The van der Waals surface area contributed by atoms with Gasteiger partial charge in [-0.1, -0.05) is 40.2 Å². The third-order valence-electron chi connectivity index (χ3n) is 3.80. The zero-order valence-electron chi connectivity index (χ0n) is 11.8. The predicted molar refractivity (Wildman–Crippen MR) is 88.7 cm³/mol. The van der Waals surface area contributed by atoms with E-state index < -0.39 is 0 Å². The fraction of sp³-hybridized carbons (Fsp3) is 0.235. The molecular weight excluding hydrogens is 328 g/mol. The Kier molecular flexibility index (Phi) is 3.97. The van der Waals surface area contributed by atoms with Gasteiger partial charge in [0.1, 0.15) is 0 Å². The van der Waals surface area contributed by atoms with Crippen LogP contribution in [-0.2, 0) is 6.42 Å². The summed E-state index contributed by atoms with van der Waals surface area (Å²) in [7, 11) is 0. The lowest BCUT2D eigenvalue weighted by Gasteiger charge is -2.16. The second kappa shape index (κ2) is 5.90. The van der Waals surface area contributed by atoms with Crippen LogP contribution in [0.15, 0.2) is 46.9 Å². The van der Waals surface area contributed by atoms with Crippen LogP contribution >= 0.6 is 15.9 Å². The van der Waals surface area contributed by atoms with Gasteiger partial charge in [-0.05, 0) is 42.7 Å². The first-order chi connectivity index (χ1) is 10.1. The number of halogens is 1. The van der Waals surface area contributed by atoms with Crippen molar-refractivity contribution in [3.8, 4) is 0 Å². The average molecular weight is 345 g/mol. The van der Waals surface area contributed by atoms with Crippen molar-refractivity contribution in [2.75, 3.05) is 11.9 Å². The lowest BCUT2D eigenvalue weighted by Crippen LogP contribution is -2.26. The van der Waals surface area contributed by atoms with Crippen molar-refractivity contribution in [2.24, 2.45) is 0 Å². The second-order valence-electron chi connectivity index (χ2n) is 5.27. The Morgan fingerprint density at radius 3 is 2.90 bits per heavy atom. The Morgan fingerprint density at radius 2 is 2.10 bits per heavy atom. The Morgan fingerprint density at radius 1 is 1.29 bits per heavy atom. The minimum absolute atomic E-state index is 0.0465. The van der Waals surface area contributed by atoms with Crippen LogP contribution in [0.5, 0.6) is 0 Å². The van der Waals surface area contributed by atoms with E-state index in [1.54, 1.807) is 0 Å². The van der Waals surface area contributed by atoms with Crippen LogP contribution < -0.4 is 10.6 Å². The van der Waals surface area contributed by atoms with Crippen molar-refractivity contribution in [3.05, 3.63) is 63.6 Å². The van der Waals surface area contributed by atoms with Gasteiger partial charge in [0.25, 0.3) is 5.91 Å². The van der Waals surface area contributed by atoms with Gasteiger partial charge >= 0.3 is 0 Å². The Labute approximate surface area is 132 Å². The molecule has 0 radical (unpaired) electrons. The van der Waals surface area contributed by atoms with E-state index in [0.717, 1.165) is 28.7 Å².